The Labute approximate surface area is 160 Å². The molecule has 0 spiro atoms. The van der Waals surface area contributed by atoms with E-state index in [0.29, 0.717) is 17.2 Å². The zero-order valence-electron chi connectivity index (χ0n) is 14.8. The number of hydrogen-bond donors (Lipinski definition) is 2. The van der Waals surface area contributed by atoms with Gasteiger partial charge in [0.25, 0.3) is 0 Å². The Hall–Kier alpha value is -2.81. The van der Waals surface area contributed by atoms with Crippen molar-refractivity contribution in [1.82, 2.24) is 5.43 Å². The lowest BCUT2D eigenvalue weighted by Gasteiger charge is -2.12. The van der Waals surface area contributed by atoms with Crippen LogP contribution < -0.4 is 20.2 Å². The van der Waals surface area contributed by atoms with Crippen LogP contribution in [0, 0.1) is 0 Å². The Morgan fingerprint density at radius 3 is 2.37 bits per heavy atom. The van der Waals surface area contributed by atoms with Gasteiger partial charge in [0.1, 0.15) is 0 Å². The molecular formula is C18H18F3N3O2S. The molecule has 0 saturated heterocycles. The molecule has 0 atom stereocenters. The van der Waals surface area contributed by atoms with Crippen LogP contribution in [-0.4, -0.2) is 25.0 Å². The lowest BCUT2D eigenvalue weighted by atomic mass is 10.1. The molecule has 2 aromatic rings. The first-order valence-corrected chi connectivity index (χ1v) is 8.16. The number of hydrazone groups is 1. The van der Waals surface area contributed by atoms with E-state index in [2.05, 4.69) is 15.8 Å². The summed E-state index contributed by atoms with van der Waals surface area (Å²) in [4.78, 5) is 0. The monoisotopic (exact) mass is 397 g/mol. The van der Waals surface area contributed by atoms with Crippen LogP contribution in [0.3, 0.4) is 0 Å². The van der Waals surface area contributed by atoms with Gasteiger partial charge in [-0.05, 0) is 55.5 Å². The average molecular weight is 397 g/mol. The fraction of sp³-hybridized carbons (Fsp3) is 0.222. The lowest BCUT2D eigenvalue weighted by Crippen LogP contribution is -2.25. The van der Waals surface area contributed by atoms with E-state index < -0.39 is 11.7 Å². The van der Waals surface area contributed by atoms with Crippen molar-refractivity contribution in [3.8, 4) is 11.5 Å². The molecule has 0 bridgehead atoms. The minimum atomic E-state index is -4.42. The highest BCUT2D eigenvalue weighted by Gasteiger charge is 2.30. The number of alkyl halides is 3. The van der Waals surface area contributed by atoms with E-state index in [4.69, 9.17) is 21.7 Å². The number of thiocarbonyl (C=S) groups is 1. The molecule has 0 radical (unpaired) electrons. The van der Waals surface area contributed by atoms with E-state index in [1.807, 2.05) is 0 Å². The smallest absolute Gasteiger partial charge is 0.416 e. The van der Waals surface area contributed by atoms with Gasteiger partial charge in [0, 0.05) is 11.3 Å². The Morgan fingerprint density at radius 1 is 1.04 bits per heavy atom. The van der Waals surface area contributed by atoms with Crippen LogP contribution >= 0.6 is 12.2 Å². The van der Waals surface area contributed by atoms with Crippen molar-refractivity contribution in [2.24, 2.45) is 5.10 Å². The molecule has 0 unspecified atom stereocenters. The van der Waals surface area contributed by atoms with E-state index in [1.165, 1.54) is 26.4 Å². The number of rotatable bonds is 5. The molecule has 0 aromatic heterocycles. The molecular weight excluding hydrogens is 379 g/mol. The highest BCUT2D eigenvalue weighted by atomic mass is 32.1. The molecule has 0 aliphatic carbocycles. The number of ether oxygens (including phenoxy) is 2. The van der Waals surface area contributed by atoms with E-state index in [-0.39, 0.29) is 10.8 Å². The molecule has 0 aliphatic rings. The maximum Gasteiger partial charge on any atom is 0.416 e. The second-order valence-electron chi connectivity index (χ2n) is 5.41. The second kappa shape index (κ2) is 8.72. The molecule has 2 N–H and O–H groups in total. The molecule has 2 aromatic carbocycles. The van der Waals surface area contributed by atoms with Crippen LogP contribution in [0.4, 0.5) is 18.9 Å². The number of nitrogens with one attached hydrogen (secondary N) is 2. The van der Waals surface area contributed by atoms with Gasteiger partial charge in [-0.3, -0.25) is 5.43 Å². The van der Waals surface area contributed by atoms with Crippen LogP contribution in [-0.2, 0) is 6.18 Å². The minimum Gasteiger partial charge on any atom is -0.493 e. The topological polar surface area (TPSA) is 54.9 Å². The van der Waals surface area contributed by atoms with Crippen molar-refractivity contribution < 1.29 is 22.6 Å². The van der Waals surface area contributed by atoms with E-state index in [0.717, 1.165) is 17.7 Å². The first-order chi connectivity index (χ1) is 12.7. The third-order valence-corrected chi connectivity index (χ3v) is 3.77. The third kappa shape index (κ3) is 5.58. The van der Waals surface area contributed by atoms with Gasteiger partial charge in [0.05, 0.1) is 25.5 Å². The summed E-state index contributed by atoms with van der Waals surface area (Å²) in [5.74, 6) is 1.14. The number of benzene rings is 2. The first-order valence-electron chi connectivity index (χ1n) is 7.75. The summed E-state index contributed by atoms with van der Waals surface area (Å²) in [6.45, 7) is 1.75. The fourth-order valence-electron chi connectivity index (χ4n) is 2.19. The molecule has 0 fully saturated rings. The molecule has 2 rings (SSSR count). The quantitative estimate of drug-likeness (QED) is 0.444. The van der Waals surface area contributed by atoms with Crippen LogP contribution in [0.2, 0.25) is 0 Å². The maximum absolute atomic E-state index is 12.7. The normalized spacial score (nSPS) is 11.7. The van der Waals surface area contributed by atoms with Gasteiger partial charge in [-0.2, -0.15) is 18.3 Å². The Kier molecular flexibility index (Phi) is 6.62. The van der Waals surface area contributed by atoms with Crippen molar-refractivity contribution in [2.45, 2.75) is 13.1 Å². The van der Waals surface area contributed by atoms with Crippen molar-refractivity contribution in [3.05, 3.63) is 53.6 Å². The molecule has 144 valence electrons. The zero-order valence-corrected chi connectivity index (χ0v) is 15.7. The Bertz CT molecular complexity index is 854. The second-order valence-corrected chi connectivity index (χ2v) is 5.82. The van der Waals surface area contributed by atoms with Crippen molar-refractivity contribution in [1.29, 1.82) is 0 Å². The molecule has 0 aliphatic heterocycles. The van der Waals surface area contributed by atoms with E-state index in [9.17, 15) is 13.2 Å². The molecule has 0 heterocycles. The number of halogens is 3. The van der Waals surface area contributed by atoms with Crippen LogP contribution in [0.25, 0.3) is 0 Å². The maximum atomic E-state index is 12.7. The SMILES string of the molecule is COc1ccc(/C(C)=N\NC(=S)Nc2cccc(C(F)(F)F)c2)cc1OC. The highest BCUT2D eigenvalue weighted by Crippen LogP contribution is 2.30. The van der Waals surface area contributed by atoms with E-state index >= 15 is 0 Å². The van der Waals surface area contributed by atoms with Crippen LogP contribution in [0.15, 0.2) is 47.6 Å². The Balaban J connectivity index is 2.06. The average Bonchev–Trinajstić information content (AvgIpc) is 2.65. The standard InChI is InChI=1S/C18H18F3N3O2S/c1-11(12-7-8-15(25-2)16(9-12)26-3)23-24-17(27)22-14-6-4-5-13(10-14)18(19,20)21/h4-10H,1-3H3,(H2,22,24,27)/b23-11-. The lowest BCUT2D eigenvalue weighted by molar-refractivity contribution is -0.137. The first kappa shape index (κ1) is 20.5. The third-order valence-electron chi connectivity index (χ3n) is 3.57. The van der Waals surface area contributed by atoms with Crippen molar-refractivity contribution >= 4 is 28.7 Å². The van der Waals surface area contributed by atoms with Gasteiger partial charge in [0.2, 0.25) is 0 Å². The van der Waals surface area contributed by atoms with Crippen molar-refractivity contribution in [2.75, 3.05) is 19.5 Å². The van der Waals surface area contributed by atoms with Gasteiger partial charge in [-0.1, -0.05) is 6.07 Å². The van der Waals surface area contributed by atoms with Gasteiger partial charge in [-0.25, -0.2) is 0 Å². The summed E-state index contributed by atoms with van der Waals surface area (Å²) in [5, 5.41) is 6.87. The molecule has 0 amide bonds. The molecule has 9 heteroatoms. The summed E-state index contributed by atoms with van der Waals surface area (Å²) in [5.41, 5.74) is 3.42. The van der Waals surface area contributed by atoms with Crippen molar-refractivity contribution in [3.63, 3.8) is 0 Å². The van der Waals surface area contributed by atoms with Gasteiger partial charge >= 0.3 is 6.18 Å². The molecule has 27 heavy (non-hydrogen) atoms. The summed E-state index contributed by atoms with van der Waals surface area (Å²) in [6.07, 6.45) is -4.42. The number of anilines is 1. The van der Waals surface area contributed by atoms with E-state index in [1.54, 1.807) is 25.1 Å². The summed E-state index contributed by atoms with van der Waals surface area (Å²) < 4.78 is 48.7. The van der Waals surface area contributed by atoms with Gasteiger partial charge in [0.15, 0.2) is 16.6 Å². The number of hydrogen-bond acceptors (Lipinski definition) is 4. The predicted molar refractivity (Wildman–Crippen MR) is 103 cm³/mol. The summed E-state index contributed by atoms with van der Waals surface area (Å²) >= 11 is 5.07. The number of nitrogens with zero attached hydrogens (tertiary/aromatic N) is 1. The fourth-order valence-corrected chi connectivity index (χ4v) is 2.36. The zero-order chi connectivity index (χ0) is 20.0. The predicted octanol–water partition coefficient (Wildman–Crippen LogP) is 4.43. The summed E-state index contributed by atoms with van der Waals surface area (Å²) in [7, 11) is 3.07. The summed E-state index contributed by atoms with van der Waals surface area (Å²) in [6, 6.07) is 10.0. The number of methoxy groups -OCH3 is 2. The van der Waals surface area contributed by atoms with Gasteiger partial charge < -0.3 is 14.8 Å². The van der Waals surface area contributed by atoms with Gasteiger partial charge in [-0.15, -0.1) is 0 Å². The molecule has 5 nitrogen and oxygen atoms in total. The van der Waals surface area contributed by atoms with Crippen LogP contribution in [0.5, 0.6) is 11.5 Å². The Morgan fingerprint density at radius 2 is 1.74 bits per heavy atom. The highest BCUT2D eigenvalue weighted by molar-refractivity contribution is 7.80. The minimum absolute atomic E-state index is 0.0640. The molecule has 0 saturated carbocycles. The largest absolute Gasteiger partial charge is 0.493 e. The van der Waals surface area contributed by atoms with Crippen LogP contribution in [0.1, 0.15) is 18.1 Å².